The molecular formula is C20H23N3O3. The predicted molar refractivity (Wildman–Crippen MR) is 100 cm³/mol. The molecule has 3 aromatic rings. The fraction of sp³-hybridized carbons (Fsp3) is 0.350. The van der Waals surface area contributed by atoms with Gasteiger partial charge < -0.3 is 9.73 Å². The molecule has 6 nitrogen and oxygen atoms in total. The average Bonchev–Trinajstić information content (AvgIpc) is 2.95. The van der Waals surface area contributed by atoms with Gasteiger partial charge >= 0.3 is 0 Å². The van der Waals surface area contributed by atoms with E-state index in [1.54, 1.807) is 11.5 Å². The van der Waals surface area contributed by atoms with Crippen LogP contribution in [0.15, 0.2) is 33.5 Å². The van der Waals surface area contributed by atoms with Gasteiger partial charge in [-0.05, 0) is 26.3 Å². The van der Waals surface area contributed by atoms with Crippen molar-refractivity contribution in [3.8, 4) is 0 Å². The number of hydrogen-bond acceptors (Lipinski definition) is 4. The monoisotopic (exact) mass is 353 g/mol. The zero-order valence-corrected chi connectivity index (χ0v) is 15.5. The number of hydrogen-bond donors (Lipinski definition) is 1. The van der Waals surface area contributed by atoms with E-state index in [2.05, 4.69) is 10.3 Å². The summed E-state index contributed by atoms with van der Waals surface area (Å²) in [4.78, 5) is 30.1. The van der Waals surface area contributed by atoms with Gasteiger partial charge in [-0.3, -0.25) is 14.2 Å². The van der Waals surface area contributed by atoms with Crippen LogP contribution in [0.1, 0.15) is 46.9 Å². The Morgan fingerprint density at radius 2 is 2.04 bits per heavy atom. The zero-order valence-electron chi connectivity index (χ0n) is 15.5. The normalized spacial score (nSPS) is 11.1. The molecule has 2 aromatic heterocycles. The molecule has 136 valence electrons. The smallest absolute Gasteiger partial charge is 0.265 e. The van der Waals surface area contributed by atoms with E-state index in [1.807, 2.05) is 45.0 Å². The first kappa shape index (κ1) is 17.9. The molecule has 6 heteroatoms. The van der Waals surface area contributed by atoms with Crippen molar-refractivity contribution in [2.24, 2.45) is 0 Å². The molecule has 0 aliphatic rings. The molecule has 1 amide bonds. The van der Waals surface area contributed by atoms with E-state index in [-0.39, 0.29) is 28.1 Å². The average molecular weight is 353 g/mol. The maximum Gasteiger partial charge on any atom is 0.265 e. The second kappa shape index (κ2) is 7.15. The van der Waals surface area contributed by atoms with Gasteiger partial charge in [-0.25, -0.2) is 0 Å². The summed E-state index contributed by atoms with van der Waals surface area (Å²) in [7, 11) is 0. The maximum atomic E-state index is 12.9. The van der Waals surface area contributed by atoms with Gasteiger partial charge in [0.1, 0.15) is 17.0 Å². The highest BCUT2D eigenvalue weighted by Gasteiger charge is 2.23. The van der Waals surface area contributed by atoms with Gasteiger partial charge in [0.25, 0.3) is 11.5 Å². The van der Waals surface area contributed by atoms with Crippen LogP contribution in [0.5, 0.6) is 0 Å². The van der Waals surface area contributed by atoms with Crippen LogP contribution in [0, 0.1) is 13.8 Å². The number of benzene rings is 1. The molecule has 0 saturated carbocycles. The van der Waals surface area contributed by atoms with Crippen LogP contribution in [0.2, 0.25) is 0 Å². The van der Waals surface area contributed by atoms with Crippen LogP contribution in [-0.2, 0) is 19.5 Å². The number of nitrogens with zero attached hydrogens (tertiary/aromatic N) is 2. The molecule has 1 N–H and O–H groups in total. The van der Waals surface area contributed by atoms with Crippen molar-refractivity contribution < 1.29 is 9.21 Å². The molecule has 0 unspecified atom stereocenters. The van der Waals surface area contributed by atoms with Crippen LogP contribution >= 0.6 is 0 Å². The Morgan fingerprint density at radius 1 is 1.27 bits per heavy atom. The molecule has 0 fully saturated rings. The number of aryl methyl sites for hydroxylation is 3. The lowest BCUT2D eigenvalue weighted by Gasteiger charge is -2.08. The minimum absolute atomic E-state index is 0.230. The van der Waals surface area contributed by atoms with Crippen molar-refractivity contribution in [3.63, 3.8) is 0 Å². The molecule has 0 atom stereocenters. The Kier molecular flexibility index (Phi) is 4.93. The van der Waals surface area contributed by atoms with Gasteiger partial charge in [0.2, 0.25) is 5.71 Å². The molecule has 0 bridgehead atoms. The lowest BCUT2D eigenvalue weighted by molar-refractivity contribution is 0.0950. The highest BCUT2D eigenvalue weighted by Crippen LogP contribution is 2.22. The van der Waals surface area contributed by atoms with Gasteiger partial charge in [0.05, 0.1) is 5.56 Å². The molecule has 0 aliphatic heterocycles. The number of carbonyl (C=O) groups excluding carboxylic acids is 1. The second-order valence-corrected chi connectivity index (χ2v) is 6.32. The molecular weight excluding hydrogens is 330 g/mol. The summed E-state index contributed by atoms with van der Waals surface area (Å²) >= 11 is 0. The van der Waals surface area contributed by atoms with E-state index in [0.29, 0.717) is 31.1 Å². The number of carbonyl (C=O) groups is 1. The molecule has 0 saturated heterocycles. The first-order valence-electron chi connectivity index (χ1n) is 8.82. The Balaban J connectivity index is 2.00. The molecule has 2 heterocycles. The van der Waals surface area contributed by atoms with E-state index in [1.165, 1.54) is 0 Å². The number of aromatic nitrogens is 2. The number of amides is 1. The lowest BCUT2D eigenvalue weighted by Crippen LogP contribution is -2.28. The standard InChI is InChI=1S/C20H23N3O3/c1-5-15-22-19-17(20(25)23(15)6-2)16(13(4)26-19)18(24)21-11-14-9-7-8-12(3)10-14/h7-10H,5-6,11H2,1-4H3,(H,21,24). The number of rotatable bonds is 5. The van der Waals surface area contributed by atoms with Crippen LogP contribution < -0.4 is 10.9 Å². The highest BCUT2D eigenvalue weighted by molar-refractivity contribution is 6.06. The molecule has 3 rings (SSSR count). The first-order chi connectivity index (χ1) is 12.5. The summed E-state index contributed by atoms with van der Waals surface area (Å²) in [5.41, 5.74) is 2.40. The quantitative estimate of drug-likeness (QED) is 0.764. The van der Waals surface area contributed by atoms with Crippen molar-refractivity contribution in [2.75, 3.05) is 0 Å². The van der Waals surface area contributed by atoms with Crippen molar-refractivity contribution in [3.05, 3.63) is 62.9 Å². The Morgan fingerprint density at radius 3 is 2.69 bits per heavy atom. The fourth-order valence-electron chi connectivity index (χ4n) is 3.20. The van der Waals surface area contributed by atoms with E-state index in [4.69, 9.17) is 4.42 Å². The number of fused-ring (bicyclic) bond motifs is 1. The highest BCUT2D eigenvalue weighted by atomic mass is 16.3. The van der Waals surface area contributed by atoms with Crippen LogP contribution in [0.4, 0.5) is 0 Å². The van der Waals surface area contributed by atoms with Gasteiger partial charge in [0.15, 0.2) is 0 Å². The minimum Gasteiger partial charge on any atom is -0.442 e. The molecule has 0 radical (unpaired) electrons. The molecule has 0 aliphatic carbocycles. The SMILES string of the molecule is CCc1nc2oc(C)c(C(=O)NCc3cccc(C)c3)c2c(=O)n1CC. The van der Waals surface area contributed by atoms with Gasteiger partial charge in [-0.2, -0.15) is 4.98 Å². The third-order valence-electron chi connectivity index (χ3n) is 4.46. The van der Waals surface area contributed by atoms with Gasteiger partial charge in [0, 0.05) is 19.5 Å². The summed E-state index contributed by atoms with van der Waals surface area (Å²) in [5.74, 6) is 0.737. The largest absolute Gasteiger partial charge is 0.442 e. The summed E-state index contributed by atoms with van der Waals surface area (Å²) in [5, 5.41) is 3.13. The fourth-order valence-corrected chi connectivity index (χ4v) is 3.20. The summed E-state index contributed by atoms with van der Waals surface area (Å²) in [6.45, 7) is 8.39. The lowest BCUT2D eigenvalue weighted by atomic mass is 10.1. The number of nitrogens with one attached hydrogen (secondary N) is 1. The van der Waals surface area contributed by atoms with Crippen molar-refractivity contribution in [2.45, 2.75) is 47.2 Å². The summed E-state index contributed by atoms with van der Waals surface area (Å²) in [6, 6.07) is 7.92. The van der Waals surface area contributed by atoms with Crippen LogP contribution in [-0.4, -0.2) is 15.5 Å². The van der Waals surface area contributed by atoms with E-state index >= 15 is 0 Å². The molecule has 0 spiro atoms. The molecule has 1 aromatic carbocycles. The van der Waals surface area contributed by atoms with E-state index in [9.17, 15) is 9.59 Å². The molecule has 26 heavy (non-hydrogen) atoms. The zero-order chi connectivity index (χ0) is 18.8. The maximum absolute atomic E-state index is 12.9. The van der Waals surface area contributed by atoms with Crippen molar-refractivity contribution >= 4 is 17.0 Å². The van der Waals surface area contributed by atoms with E-state index < -0.39 is 0 Å². The minimum atomic E-state index is -0.325. The third-order valence-corrected chi connectivity index (χ3v) is 4.46. The van der Waals surface area contributed by atoms with Crippen molar-refractivity contribution in [1.82, 2.24) is 14.9 Å². The first-order valence-corrected chi connectivity index (χ1v) is 8.82. The van der Waals surface area contributed by atoms with Gasteiger partial charge in [-0.1, -0.05) is 36.8 Å². The third kappa shape index (κ3) is 3.14. The number of furan rings is 1. The second-order valence-electron chi connectivity index (χ2n) is 6.32. The topological polar surface area (TPSA) is 77.1 Å². The predicted octanol–water partition coefficient (Wildman–Crippen LogP) is 3.12. The van der Waals surface area contributed by atoms with E-state index in [0.717, 1.165) is 11.1 Å². The van der Waals surface area contributed by atoms with Crippen molar-refractivity contribution in [1.29, 1.82) is 0 Å². The Bertz CT molecular complexity index is 1030. The van der Waals surface area contributed by atoms with Crippen LogP contribution in [0.25, 0.3) is 11.1 Å². The summed E-state index contributed by atoms with van der Waals surface area (Å²) < 4.78 is 7.22. The van der Waals surface area contributed by atoms with Gasteiger partial charge in [-0.15, -0.1) is 0 Å². The Labute approximate surface area is 151 Å². The van der Waals surface area contributed by atoms with Crippen LogP contribution in [0.3, 0.4) is 0 Å². The summed E-state index contributed by atoms with van der Waals surface area (Å²) in [6.07, 6.45) is 0.619. The Hall–Kier alpha value is -2.89.